The highest BCUT2D eigenvalue weighted by atomic mass is 32.2. The standard InChI is InChI=1S/C22H25N3O3S/c1-16-17(13-24-9-11-29-12-10-24)5-4-6-18(16)23-21(26)14-25-19-7-2-3-8-20(19)28-15-22(25)27/h2-8H,9-15H2,1H3,(H,23,26). The van der Waals surface area contributed by atoms with Gasteiger partial charge >= 0.3 is 0 Å². The molecule has 7 heteroatoms. The predicted octanol–water partition coefficient (Wildman–Crippen LogP) is 2.91. The topological polar surface area (TPSA) is 61.9 Å². The van der Waals surface area contributed by atoms with Crippen LogP contribution < -0.4 is 15.0 Å². The summed E-state index contributed by atoms with van der Waals surface area (Å²) >= 11 is 2.00. The van der Waals surface area contributed by atoms with Crippen molar-refractivity contribution in [3.05, 3.63) is 53.6 Å². The Hall–Kier alpha value is -2.51. The van der Waals surface area contributed by atoms with E-state index in [-0.39, 0.29) is 25.0 Å². The van der Waals surface area contributed by atoms with Crippen molar-refractivity contribution in [2.45, 2.75) is 13.5 Å². The summed E-state index contributed by atoms with van der Waals surface area (Å²) in [6.07, 6.45) is 0. The monoisotopic (exact) mass is 411 g/mol. The zero-order valence-electron chi connectivity index (χ0n) is 16.5. The maximum Gasteiger partial charge on any atom is 0.265 e. The Labute approximate surface area is 175 Å². The van der Waals surface area contributed by atoms with E-state index in [1.165, 1.54) is 22.0 Å². The van der Waals surface area contributed by atoms with Gasteiger partial charge in [0, 0.05) is 36.8 Å². The average molecular weight is 412 g/mol. The third-order valence-corrected chi connectivity index (χ3v) is 6.27. The molecule has 29 heavy (non-hydrogen) atoms. The van der Waals surface area contributed by atoms with Gasteiger partial charge in [0.15, 0.2) is 6.61 Å². The highest BCUT2D eigenvalue weighted by Crippen LogP contribution is 2.31. The number of nitrogens with one attached hydrogen (secondary N) is 1. The molecule has 2 heterocycles. The van der Waals surface area contributed by atoms with E-state index in [9.17, 15) is 9.59 Å². The lowest BCUT2D eigenvalue weighted by molar-refractivity contribution is -0.123. The Morgan fingerprint density at radius 2 is 1.93 bits per heavy atom. The Morgan fingerprint density at radius 1 is 1.14 bits per heavy atom. The van der Waals surface area contributed by atoms with E-state index >= 15 is 0 Å². The van der Waals surface area contributed by atoms with E-state index in [1.54, 1.807) is 12.1 Å². The Bertz CT molecular complexity index is 912. The molecule has 0 radical (unpaired) electrons. The van der Waals surface area contributed by atoms with Gasteiger partial charge in [-0.1, -0.05) is 24.3 Å². The zero-order chi connectivity index (χ0) is 20.2. The van der Waals surface area contributed by atoms with Gasteiger partial charge in [0.25, 0.3) is 5.91 Å². The third-order valence-electron chi connectivity index (χ3n) is 5.33. The maximum atomic E-state index is 12.7. The summed E-state index contributed by atoms with van der Waals surface area (Å²) in [6.45, 7) is 5.04. The van der Waals surface area contributed by atoms with Crippen LogP contribution in [0.5, 0.6) is 5.75 Å². The number of hydrogen-bond donors (Lipinski definition) is 1. The Morgan fingerprint density at radius 3 is 2.76 bits per heavy atom. The summed E-state index contributed by atoms with van der Waals surface area (Å²) < 4.78 is 5.44. The first-order valence-corrected chi connectivity index (χ1v) is 11.0. The van der Waals surface area contributed by atoms with Gasteiger partial charge in [0.1, 0.15) is 12.3 Å². The number of carbonyl (C=O) groups excluding carboxylic acids is 2. The number of carbonyl (C=O) groups is 2. The molecule has 2 aromatic carbocycles. The van der Waals surface area contributed by atoms with Crippen LogP contribution >= 0.6 is 11.8 Å². The molecule has 0 bridgehead atoms. The van der Waals surface area contributed by atoms with Crippen LogP contribution in [0.2, 0.25) is 0 Å². The lowest BCUT2D eigenvalue weighted by Gasteiger charge is -2.29. The van der Waals surface area contributed by atoms with Gasteiger partial charge in [-0.05, 0) is 36.2 Å². The summed E-state index contributed by atoms with van der Waals surface area (Å²) in [6, 6.07) is 13.3. The number of anilines is 2. The van der Waals surface area contributed by atoms with Crippen LogP contribution in [0.3, 0.4) is 0 Å². The van der Waals surface area contributed by atoms with Crippen LogP contribution in [0, 0.1) is 6.92 Å². The van der Waals surface area contributed by atoms with Crippen molar-refractivity contribution in [1.82, 2.24) is 4.90 Å². The number of ether oxygens (including phenoxy) is 1. The highest BCUT2D eigenvalue weighted by molar-refractivity contribution is 7.99. The molecular weight excluding hydrogens is 386 g/mol. The van der Waals surface area contributed by atoms with Crippen molar-refractivity contribution in [2.75, 3.05) is 48.0 Å². The van der Waals surface area contributed by atoms with Crippen LogP contribution in [-0.4, -0.2) is 54.5 Å². The molecule has 0 aliphatic carbocycles. The van der Waals surface area contributed by atoms with Crippen LogP contribution in [0.4, 0.5) is 11.4 Å². The van der Waals surface area contributed by atoms with Gasteiger partial charge in [-0.25, -0.2) is 0 Å². The minimum absolute atomic E-state index is 0.0355. The second-order valence-corrected chi connectivity index (χ2v) is 8.49. The van der Waals surface area contributed by atoms with Crippen molar-refractivity contribution >= 4 is 35.0 Å². The molecule has 2 aliphatic rings. The van der Waals surface area contributed by atoms with Crippen molar-refractivity contribution < 1.29 is 14.3 Å². The van der Waals surface area contributed by atoms with Crippen LogP contribution in [-0.2, 0) is 16.1 Å². The quantitative estimate of drug-likeness (QED) is 0.820. The minimum Gasteiger partial charge on any atom is -0.482 e. The minimum atomic E-state index is -0.218. The molecule has 0 unspecified atom stereocenters. The fourth-order valence-electron chi connectivity index (χ4n) is 3.65. The SMILES string of the molecule is Cc1c(CN2CCSCC2)cccc1NC(=O)CN1C(=O)COc2ccccc21. The van der Waals surface area contributed by atoms with Gasteiger partial charge in [-0.15, -0.1) is 0 Å². The Kier molecular flexibility index (Phi) is 6.06. The molecule has 0 saturated carbocycles. The number of para-hydroxylation sites is 2. The number of rotatable bonds is 5. The van der Waals surface area contributed by atoms with Crippen molar-refractivity contribution in [3.8, 4) is 5.75 Å². The largest absolute Gasteiger partial charge is 0.482 e. The number of thioether (sulfide) groups is 1. The molecular formula is C22H25N3O3S. The average Bonchev–Trinajstić information content (AvgIpc) is 2.74. The molecule has 2 amide bonds. The zero-order valence-corrected chi connectivity index (χ0v) is 17.3. The molecule has 6 nitrogen and oxygen atoms in total. The summed E-state index contributed by atoms with van der Waals surface area (Å²) in [4.78, 5) is 29.0. The molecule has 0 aromatic heterocycles. The van der Waals surface area contributed by atoms with Crippen LogP contribution in [0.25, 0.3) is 0 Å². The fourth-order valence-corrected chi connectivity index (χ4v) is 4.63. The lowest BCUT2D eigenvalue weighted by Crippen LogP contribution is -2.43. The third kappa shape index (κ3) is 4.57. The van der Waals surface area contributed by atoms with E-state index < -0.39 is 0 Å². The van der Waals surface area contributed by atoms with Crippen molar-refractivity contribution in [2.24, 2.45) is 0 Å². The maximum absolute atomic E-state index is 12.7. The molecule has 152 valence electrons. The van der Waals surface area contributed by atoms with Gasteiger partial charge in [-0.2, -0.15) is 11.8 Å². The second-order valence-electron chi connectivity index (χ2n) is 7.26. The molecule has 1 N–H and O–H groups in total. The second kappa shape index (κ2) is 8.88. The van der Waals surface area contributed by atoms with Gasteiger partial charge in [-0.3, -0.25) is 19.4 Å². The van der Waals surface area contributed by atoms with Crippen LogP contribution in [0.15, 0.2) is 42.5 Å². The molecule has 0 atom stereocenters. The smallest absolute Gasteiger partial charge is 0.265 e. The molecule has 4 rings (SSSR count). The lowest BCUT2D eigenvalue weighted by atomic mass is 10.1. The number of amides is 2. The van der Waals surface area contributed by atoms with E-state index in [1.807, 2.05) is 43.0 Å². The van der Waals surface area contributed by atoms with Gasteiger partial charge in [0.2, 0.25) is 5.91 Å². The van der Waals surface area contributed by atoms with E-state index in [0.29, 0.717) is 11.4 Å². The van der Waals surface area contributed by atoms with Gasteiger partial charge in [0.05, 0.1) is 5.69 Å². The first-order chi connectivity index (χ1) is 14.1. The predicted molar refractivity (Wildman–Crippen MR) is 117 cm³/mol. The number of fused-ring (bicyclic) bond motifs is 1. The van der Waals surface area contributed by atoms with Crippen molar-refractivity contribution in [1.29, 1.82) is 0 Å². The Balaban J connectivity index is 1.45. The summed E-state index contributed by atoms with van der Waals surface area (Å²) in [7, 11) is 0. The van der Waals surface area contributed by atoms with E-state index in [2.05, 4.69) is 16.3 Å². The number of benzene rings is 2. The highest BCUT2D eigenvalue weighted by Gasteiger charge is 2.27. The van der Waals surface area contributed by atoms with E-state index in [4.69, 9.17) is 4.74 Å². The fraction of sp³-hybridized carbons (Fsp3) is 0.364. The van der Waals surface area contributed by atoms with Crippen LogP contribution in [0.1, 0.15) is 11.1 Å². The first kappa shape index (κ1) is 19.8. The summed E-state index contributed by atoms with van der Waals surface area (Å²) in [5.41, 5.74) is 3.73. The normalized spacial score (nSPS) is 16.9. The molecule has 2 aromatic rings. The molecule has 0 spiro atoms. The van der Waals surface area contributed by atoms with Gasteiger partial charge < -0.3 is 10.1 Å². The molecule has 1 fully saturated rings. The molecule has 2 aliphatic heterocycles. The molecule has 1 saturated heterocycles. The number of hydrogen-bond acceptors (Lipinski definition) is 5. The first-order valence-electron chi connectivity index (χ1n) is 9.82. The van der Waals surface area contributed by atoms with Crippen molar-refractivity contribution in [3.63, 3.8) is 0 Å². The summed E-state index contributed by atoms with van der Waals surface area (Å²) in [5, 5.41) is 2.99. The summed E-state index contributed by atoms with van der Waals surface area (Å²) in [5.74, 6) is 2.53. The van der Waals surface area contributed by atoms with E-state index in [0.717, 1.165) is 30.9 Å². The number of nitrogens with zero attached hydrogens (tertiary/aromatic N) is 2.